The van der Waals surface area contributed by atoms with Gasteiger partial charge in [0.25, 0.3) is 0 Å². The van der Waals surface area contributed by atoms with Gasteiger partial charge in [0.2, 0.25) is 0 Å². The standard InChI is InChI=1S/C9H15NO6/c1-4-9(3,8(14)15)10(16-5-2)6(11)7(12)13/h4-5H2,1-3H3,(H,12,13)(H,14,15)/t9-/m1/s1. The van der Waals surface area contributed by atoms with Gasteiger partial charge < -0.3 is 10.2 Å². The molecule has 0 heterocycles. The average Bonchev–Trinajstić information content (AvgIpc) is 2.23. The predicted octanol–water partition coefficient (Wildman–Crippen LogP) is 0.104. The van der Waals surface area contributed by atoms with Crippen LogP contribution in [-0.2, 0) is 19.2 Å². The predicted molar refractivity (Wildman–Crippen MR) is 52.4 cm³/mol. The number of hydrogen-bond donors (Lipinski definition) is 2. The van der Waals surface area contributed by atoms with E-state index in [-0.39, 0.29) is 13.0 Å². The van der Waals surface area contributed by atoms with E-state index in [4.69, 9.17) is 15.1 Å². The van der Waals surface area contributed by atoms with Crippen LogP contribution in [0.3, 0.4) is 0 Å². The molecule has 16 heavy (non-hydrogen) atoms. The Balaban J connectivity index is 5.24. The molecule has 1 amide bonds. The average molecular weight is 233 g/mol. The Morgan fingerprint density at radius 1 is 1.25 bits per heavy atom. The normalized spacial score (nSPS) is 13.9. The molecule has 0 spiro atoms. The number of hydrogen-bond acceptors (Lipinski definition) is 4. The summed E-state index contributed by atoms with van der Waals surface area (Å²) in [5.41, 5.74) is -1.69. The van der Waals surface area contributed by atoms with Crippen molar-refractivity contribution in [2.45, 2.75) is 32.7 Å². The molecule has 1 atom stereocenters. The molecule has 0 rings (SSSR count). The summed E-state index contributed by atoms with van der Waals surface area (Å²) in [6, 6.07) is 0. The van der Waals surface area contributed by atoms with Gasteiger partial charge in [-0.3, -0.25) is 9.63 Å². The van der Waals surface area contributed by atoms with Crippen LogP contribution in [0.5, 0.6) is 0 Å². The van der Waals surface area contributed by atoms with E-state index in [1.54, 1.807) is 0 Å². The van der Waals surface area contributed by atoms with Gasteiger partial charge in [-0.15, -0.1) is 0 Å². The van der Waals surface area contributed by atoms with Gasteiger partial charge in [0.05, 0.1) is 6.61 Å². The van der Waals surface area contributed by atoms with Crippen LogP contribution in [0.1, 0.15) is 27.2 Å². The van der Waals surface area contributed by atoms with Crippen LogP contribution in [0.15, 0.2) is 0 Å². The molecule has 7 heteroatoms. The van der Waals surface area contributed by atoms with Crippen molar-refractivity contribution in [1.29, 1.82) is 0 Å². The van der Waals surface area contributed by atoms with Crippen LogP contribution in [0.25, 0.3) is 0 Å². The molecule has 0 aliphatic rings. The smallest absolute Gasteiger partial charge is 0.396 e. The summed E-state index contributed by atoms with van der Waals surface area (Å²) in [7, 11) is 0. The molecule has 0 aromatic rings. The van der Waals surface area contributed by atoms with Crippen LogP contribution in [0.4, 0.5) is 0 Å². The maximum Gasteiger partial charge on any atom is 0.396 e. The highest BCUT2D eigenvalue weighted by molar-refractivity contribution is 6.31. The topological polar surface area (TPSA) is 104 Å². The molecule has 0 radical (unpaired) electrons. The van der Waals surface area contributed by atoms with Crippen LogP contribution in [0.2, 0.25) is 0 Å². The van der Waals surface area contributed by atoms with Gasteiger partial charge in [0.15, 0.2) is 5.54 Å². The lowest BCUT2D eigenvalue weighted by Crippen LogP contribution is -2.56. The molecule has 2 N–H and O–H groups in total. The second-order valence-electron chi connectivity index (χ2n) is 3.26. The highest BCUT2D eigenvalue weighted by Crippen LogP contribution is 2.20. The van der Waals surface area contributed by atoms with Crippen molar-refractivity contribution in [2.75, 3.05) is 6.61 Å². The van der Waals surface area contributed by atoms with Crippen molar-refractivity contribution < 1.29 is 29.4 Å². The minimum Gasteiger partial charge on any atom is -0.479 e. The first-order valence-corrected chi connectivity index (χ1v) is 4.75. The van der Waals surface area contributed by atoms with E-state index in [1.807, 2.05) is 0 Å². The highest BCUT2D eigenvalue weighted by Gasteiger charge is 2.44. The molecule has 0 aromatic carbocycles. The lowest BCUT2D eigenvalue weighted by molar-refractivity contribution is -0.226. The van der Waals surface area contributed by atoms with Crippen molar-refractivity contribution >= 4 is 17.8 Å². The summed E-state index contributed by atoms with van der Waals surface area (Å²) < 4.78 is 0. The fraction of sp³-hybridized carbons (Fsp3) is 0.667. The van der Waals surface area contributed by atoms with E-state index >= 15 is 0 Å². The quantitative estimate of drug-likeness (QED) is 0.515. The highest BCUT2D eigenvalue weighted by atomic mass is 16.7. The molecule has 0 aliphatic carbocycles. The van der Waals surface area contributed by atoms with E-state index in [0.29, 0.717) is 5.06 Å². The second-order valence-corrected chi connectivity index (χ2v) is 3.26. The molecule has 7 nitrogen and oxygen atoms in total. The Morgan fingerprint density at radius 2 is 1.75 bits per heavy atom. The molecule has 0 bridgehead atoms. The van der Waals surface area contributed by atoms with Crippen molar-refractivity contribution in [1.82, 2.24) is 5.06 Å². The van der Waals surface area contributed by atoms with Crippen LogP contribution in [-0.4, -0.2) is 45.3 Å². The summed E-state index contributed by atoms with van der Waals surface area (Å²) in [6.45, 7) is 4.28. The summed E-state index contributed by atoms with van der Waals surface area (Å²) in [5, 5.41) is 17.9. The Hall–Kier alpha value is -1.63. The maximum absolute atomic E-state index is 11.3. The third-order valence-corrected chi connectivity index (χ3v) is 2.22. The minimum atomic E-state index is -1.76. The van der Waals surface area contributed by atoms with E-state index in [2.05, 4.69) is 0 Å². The number of carbonyl (C=O) groups is 3. The fourth-order valence-electron chi connectivity index (χ4n) is 1.02. The number of carbonyl (C=O) groups excluding carboxylic acids is 1. The van der Waals surface area contributed by atoms with Crippen LogP contribution >= 0.6 is 0 Å². The lowest BCUT2D eigenvalue weighted by Gasteiger charge is -2.34. The first-order chi connectivity index (χ1) is 7.31. The van der Waals surface area contributed by atoms with Gasteiger partial charge >= 0.3 is 17.8 Å². The molecule has 0 fully saturated rings. The zero-order chi connectivity index (χ0) is 12.9. The number of carboxylic acid groups (broad SMARTS) is 2. The summed E-state index contributed by atoms with van der Waals surface area (Å²) in [4.78, 5) is 37.7. The fourth-order valence-corrected chi connectivity index (χ4v) is 1.02. The van der Waals surface area contributed by atoms with E-state index in [0.717, 1.165) is 0 Å². The molecular weight excluding hydrogens is 218 g/mol. The second kappa shape index (κ2) is 5.45. The SMILES string of the molecule is CCON(C(=O)C(=O)O)[C@](C)(CC)C(=O)O. The van der Waals surface area contributed by atoms with Gasteiger partial charge in [0.1, 0.15) is 0 Å². The zero-order valence-electron chi connectivity index (χ0n) is 9.39. The van der Waals surface area contributed by atoms with Crippen LogP contribution in [0, 0.1) is 0 Å². The van der Waals surface area contributed by atoms with E-state index in [1.165, 1.54) is 20.8 Å². The first kappa shape index (κ1) is 14.4. The number of nitrogens with zero attached hydrogens (tertiary/aromatic N) is 1. The van der Waals surface area contributed by atoms with Gasteiger partial charge in [-0.1, -0.05) is 6.92 Å². The number of rotatable bonds is 5. The summed E-state index contributed by atoms with van der Waals surface area (Å²) in [6.07, 6.45) is 0.0291. The number of aliphatic carboxylic acids is 2. The summed E-state index contributed by atoms with van der Waals surface area (Å²) >= 11 is 0. The summed E-state index contributed by atoms with van der Waals surface area (Å²) in [5.74, 6) is -4.47. The monoisotopic (exact) mass is 233 g/mol. The van der Waals surface area contributed by atoms with Gasteiger partial charge in [-0.25, -0.2) is 9.59 Å². The van der Waals surface area contributed by atoms with Crippen molar-refractivity contribution in [2.24, 2.45) is 0 Å². The molecule has 92 valence electrons. The molecular formula is C9H15NO6. The first-order valence-electron chi connectivity index (χ1n) is 4.75. The largest absolute Gasteiger partial charge is 0.479 e. The zero-order valence-corrected chi connectivity index (χ0v) is 9.39. The number of hydroxylamine groups is 2. The van der Waals surface area contributed by atoms with E-state index < -0.39 is 23.4 Å². The third-order valence-electron chi connectivity index (χ3n) is 2.22. The van der Waals surface area contributed by atoms with Crippen molar-refractivity contribution in [3.8, 4) is 0 Å². The van der Waals surface area contributed by atoms with Gasteiger partial charge in [0, 0.05) is 0 Å². The Kier molecular flexibility index (Phi) is 4.90. The number of carboxylic acids is 2. The Labute approximate surface area is 92.6 Å². The van der Waals surface area contributed by atoms with Crippen molar-refractivity contribution in [3.05, 3.63) is 0 Å². The van der Waals surface area contributed by atoms with Crippen LogP contribution < -0.4 is 0 Å². The third kappa shape index (κ3) is 2.69. The van der Waals surface area contributed by atoms with Gasteiger partial charge in [-0.2, -0.15) is 5.06 Å². The molecule has 0 saturated carbocycles. The van der Waals surface area contributed by atoms with E-state index in [9.17, 15) is 14.4 Å². The molecule has 0 aliphatic heterocycles. The molecule has 0 aromatic heterocycles. The molecule has 0 saturated heterocycles. The lowest BCUT2D eigenvalue weighted by atomic mass is 9.98. The Bertz CT molecular complexity index is 302. The Morgan fingerprint density at radius 3 is 2.00 bits per heavy atom. The minimum absolute atomic E-state index is 0.00188. The number of amides is 1. The van der Waals surface area contributed by atoms with Gasteiger partial charge in [-0.05, 0) is 20.3 Å². The maximum atomic E-state index is 11.3. The molecule has 0 unspecified atom stereocenters. The van der Waals surface area contributed by atoms with Crippen molar-refractivity contribution in [3.63, 3.8) is 0 Å².